The number of pyridine rings is 1. The van der Waals surface area contributed by atoms with Crippen LogP contribution in [0.2, 0.25) is 0 Å². The summed E-state index contributed by atoms with van der Waals surface area (Å²) in [5, 5.41) is 0. The third-order valence-corrected chi connectivity index (χ3v) is 3.72. The molecule has 1 aromatic heterocycles. The van der Waals surface area contributed by atoms with Crippen LogP contribution in [0.5, 0.6) is 0 Å². The molecule has 1 aliphatic rings. The van der Waals surface area contributed by atoms with Crippen LogP contribution in [0.1, 0.15) is 13.8 Å². The first kappa shape index (κ1) is 13.6. The fourth-order valence-corrected chi connectivity index (χ4v) is 2.95. The highest BCUT2D eigenvalue weighted by Crippen LogP contribution is 2.26. The highest BCUT2D eigenvalue weighted by Gasteiger charge is 2.20. The van der Waals surface area contributed by atoms with Gasteiger partial charge in [0.25, 0.3) is 0 Å². The summed E-state index contributed by atoms with van der Waals surface area (Å²) in [7, 11) is 0. The van der Waals surface area contributed by atoms with Crippen molar-refractivity contribution in [3.8, 4) is 0 Å². The van der Waals surface area contributed by atoms with E-state index >= 15 is 0 Å². The molecule has 0 aromatic carbocycles. The maximum atomic E-state index is 5.71. The second-order valence-electron chi connectivity index (χ2n) is 5.26. The number of nitrogens with zero attached hydrogens (tertiary/aromatic N) is 3. The van der Waals surface area contributed by atoms with Gasteiger partial charge in [0, 0.05) is 32.7 Å². The van der Waals surface area contributed by atoms with Crippen LogP contribution >= 0.6 is 15.9 Å². The molecule has 2 heterocycles. The normalized spacial score (nSPS) is 17.4. The van der Waals surface area contributed by atoms with Crippen LogP contribution in [0.15, 0.2) is 16.7 Å². The van der Waals surface area contributed by atoms with Gasteiger partial charge in [0.15, 0.2) is 0 Å². The van der Waals surface area contributed by atoms with Gasteiger partial charge < -0.3 is 10.6 Å². The number of rotatable bonds is 3. The van der Waals surface area contributed by atoms with Gasteiger partial charge in [0.05, 0.1) is 16.4 Å². The zero-order valence-electron chi connectivity index (χ0n) is 11.1. The molecular formula is C13H21BrN4. The maximum absolute atomic E-state index is 5.71. The van der Waals surface area contributed by atoms with Gasteiger partial charge in [-0.15, -0.1) is 0 Å². The van der Waals surface area contributed by atoms with Crippen molar-refractivity contribution < 1.29 is 0 Å². The topological polar surface area (TPSA) is 45.4 Å². The molecule has 1 fully saturated rings. The summed E-state index contributed by atoms with van der Waals surface area (Å²) in [6.45, 7) is 10.00. The molecule has 1 aromatic rings. The van der Waals surface area contributed by atoms with E-state index in [1.54, 1.807) is 6.20 Å². The third kappa shape index (κ3) is 3.36. The van der Waals surface area contributed by atoms with Gasteiger partial charge in [-0.1, -0.05) is 13.8 Å². The molecule has 0 spiro atoms. The van der Waals surface area contributed by atoms with Crippen molar-refractivity contribution in [2.24, 2.45) is 5.92 Å². The fraction of sp³-hybridized carbons (Fsp3) is 0.615. The van der Waals surface area contributed by atoms with Gasteiger partial charge in [-0.3, -0.25) is 4.90 Å². The number of anilines is 2. The van der Waals surface area contributed by atoms with E-state index in [1.807, 2.05) is 6.07 Å². The van der Waals surface area contributed by atoms with E-state index in [4.69, 9.17) is 5.73 Å². The zero-order valence-corrected chi connectivity index (χ0v) is 12.7. The number of halogens is 1. The van der Waals surface area contributed by atoms with Gasteiger partial charge in [0.2, 0.25) is 0 Å². The minimum absolute atomic E-state index is 0.698. The predicted molar refractivity (Wildman–Crippen MR) is 79.8 cm³/mol. The number of hydrogen-bond donors (Lipinski definition) is 1. The summed E-state index contributed by atoms with van der Waals surface area (Å²) in [4.78, 5) is 9.26. The quantitative estimate of drug-likeness (QED) is 0.929. The van der Waals surface area contributed by atoms with Crippen molar-refractivity contribution in [3.63, 3.8) is 0 Å². The molecule has 100 valence electrons. The van der Waals surface area contributed by atoms with Crippen LogP contribution in [0.25, 0.3) is 0 Å². The average molecular weight is 313 g/mol. The van der Waals surface area contributed by atoms with Crippen LogP contribution in [0.4, 0.5) is 11.5 Å². The molecule has 5 heteroatoms. The van der Waals surface area contributed by atoms with E-state index in [1.165, 1.54) is 6.54 Å². The predicted octanol–water partition coefficient (Wildman–Crippen LogP) is 2.20. The molecule has 1 aliphatic heterocycles. The van der Waals surface area contributed by atoms with E-state index < -0.39 is 0 Å². The highest BCUT2D eigenvalue weighted by molar-refractivity contribution is 9.10. The number of nitrogen functional groups attached to an aromatic ring is 1. The van der Waals surface area contributed by atoms with Crippen LogP contribution in [0.3, 0.4) is 0 Å². The number of nitrogens with two attached hydrogens (primary N) is 1. The first-order valence-electron chi connectivity index (χ1n) is 6.44. The standard InChI is InChI=1S/C13H21BrN4/c1-10(2)9-17-3-5-18(6-4-17)13-12(14)7-11(15)8-16-13/h7-8,10H,3-6,9,15H2,1-2H3. The van der Waals surface area contributed by atoms with Crippen LogP contribution in [0, 0.1) is 5.92 Å². The molecule has 0 radical (unpaired) electrons. The van der Waals surface area contributed by atoms with Gasteiger partial charge in [0.1, 0.15) is 5.82 Å². The van der Waals surface area contributed by atoms with E-state index in [2.05, 4.69) is 44.6 Å². The Bertz CT molecular complexity index is 400. The molecule has 0 unspecified atom stereocenters. The smallest absolute Gasteiger partial charge is 0.143 e. The molecular weight excluding hydrogens is 292 g/mol. The lowest BCUT2D eigenvalue weighted by atomic mass is 10.2. The second-order valence-corrected chi connectivity index (χ2v) is 6.11. The molecule has 1 saturated heterocycles. The zero-order chi connectivity index (χ0) is 13.1. The number of piperazine rings is 1. The number of aromatic nitrogens is 1. The average Bonchev–Trinajstić information content (AvgIpc) is 2.30. The Balaban J connectivity index is 1.97. The molecule has 0 bridgehead atoms. The summed E-state index contributed by atoms with van der Waals surface area (Å²) in [6, 6.07) is 1.92. The van der Waals surface area contributed by atoms with Crippen LogP contribution < -0.4 is 10.6 Å². The summed E-state index contributed by atoms with van der Waals surface area (Å²) in [5.41, 5.74) is 6.41. The first-order chi connectivity index (χ1) is 8.56. The Labute approximate surface area is 117 Å². The van der Waals surface area contributed by atoms with Crippen LogP contribution in [-0.4, -0.2) is 42.6 Å². The Morgan fingerprint density at radius 1 is 1.33 bits per heavy atom. The summed E-state index contributed by atoms with van der Waals surface area (Å²) in [5.74, 6) is 1.74. The van der Waals surface area contributed by atoms with Crippen molar-refractivity contribution in [3.05, 3.63) is 16.7 Å². The number of hydrogen-bond acceptors (Lipinski definition) is 4. The van der Waals surface area contributed by atoms with Crippen LogP contribution in [-0.2, 0) is 0 Å². The van der Waals surface area contributed by atoms with Gasteiger partial charge in [-0.25, -0.2) is 4.98 Å². The third-order valence-electron chi connectivity index (χ3n) is 3.14. The van der Waals surface area contributed by atoms with Crippen molar-refractivity contribution in [2.45, 2.75) is 13.8 Å². The van der Waals surface area contributed by atoms with Crippen molar-refractivity contribution >= 4 is 27.4 Å². The van der Waals surface area contributed by atoms with E-state index in [-0.39, 0.29) is 0 Å². The SMILES string of the molecule is CC(C)CN1CCN(c2ncc(N)cc2Br)CC1. The summed E-state index contributed by atoms with van der Waals surface area (Å²) < 4.78 is 0.986. The molecule has 2 rings (SSSR count). The Morgan fingerprint density at radius 2 is 2.00 bits per heavy atom. The lowest BCUT2D eigenvalue weighted by Crippen LogP contribution is -2.47. The monoisotopic (exact) mass is 312 g/mol. The molecule has 0 saturated carbocycles. The molecule has 0 amide bonds. The minimum Gasteiger partial charge on any atom is -0.397 e. The molecule has 2 N–H and O–H groups in total. The maximum Gasteiger partial charge on any atom is 0.143 e. The van der Waals surface area contributed by atoms with Crippen molar-refractivity contribution in [2.75, 3.05) is 43.4 Å². The summed E-state index contributed by atoms with van der Waals surface area (Å²) >= 11 is 3.54. The van der Waals surface area contributed by atoms with Crippen molar-refractivity contribution in [1.29, 1.82) is 0 Å². The lowest BCUT2D eigenvalue weighted by molar-refractivity contribution is 0.231. The lowest BCUT2D eigenvalue weighted by Gasteiger charge is -2.36. The molecule has 4 nitrogen and oxygen atoms in total. The first-order valence-corrected chi connectivity index (χ1v) is 7.24. The molecule has 18 heavy (non-hydrogen) atoms. The highest BCUT2D eigenvalue weighted by atomic mass is 79.9. The van der Waals surface area contributed by atoms with E-state index in [9.17, 15) is 0 Å². The largest absolute Gasteiger partial charge is 0.397 e. The van der Waals surface area contributed by atoms with Gasteiger partial charge in [-0.2, -0.15) is 0 Å². The summed E-state index contributed by atoms with van der Waals surface area (Å²) in [6.07, 6.45) is 1.72. The molecule has 0 atom stereocenters. The van der Waals surface area contributed by atoms with Gasteiger partial charge in [-0.05, 0) is 27.9 Å². The van der Waals surface area contributed by atoms with Crippen molar-refractivity contribution in [1.82, 2.24) is 9.88 Å². The van der Waals surface area contributed by atoms with E-state index in [0.29, 0.717) is 5.69 Å². The minimum atomic E-state index is 0.698. The Kier molecular flexibility index (Phi) is 4.45. The Morgan fingerprint density at radius 3 is 2.56 bits per heavy atom. The second kappa shape index (κ2) is 5.89. The van der Waals surface area contributed by atoms with E-state index in [0.717, 1.165) is 42.4 Å². The Hall–Kier alpha value is -0.810. The fourth-order valence-electron chi connectivity index (χ4n) is 2.34. The molecule has 0 aliphatic carbocycles. The van der Waals surface area contributed by atoms with Gasteiger partial charge >= 0.3 is 0 Å².